The van der Waals surface area contributed by atoms with Crippen molar-refractivity contribution in [1.29, 1.82) is 0 Å². The van der Waals surface area contributed by atoms with Crippen molar-refractivity contribution in [3.05, 3.63) is 0 Å². The van der Waals surface area contributed by atoms with Crippen molar-refractivity contribution in [1.82, 2.24) is 9.62 Å². The summed E-state index contributed by atoms with van der Waals surface area (Å²) in [6.45, 7) is 4.44. The number of rotatable bonds is 4. The lowest BCUT2D eigenvalue weighted by molar-refractivity contribution is 0.115. The quantitative estimate of drug-likeness (QED) is 0.855. The molecule has 0 bridgehead atoms. The molecule has 2 saturated heterocycles. The first-order valence-electron chi connectivity index (χ1n) is 8.93. The molecule has 0 aromatic heterocycles. The van der Waals surface area contributed by atoms with Crippen LogP contribution < -0.4 is 4.72 Å². The van der Waals surface area contributed by atoms with Crippen LogP contribution in [0, 0.1) is 0 Å². The lowest BCUT2D eigenvalue weighted by atomic mass is 9.92. The number of hydrogen-bond acceptors (Lipinski definition) is 4. The lowest BCUT2D eigenvalue weighted by Crippen LogP contribution is -2.53. The first-order chi connectivity index (χ1) is 10.6. The number of likely N-dealkylation sites (tertiary alicyclic amines) is 1. The van der Waals surface area contributed by atoms with E-state index in [0.717, 1.165) is 25.9 Å². The average molecular weight is 330 g/mol. The Bertz CT molecular complexity index is 462. The van der Waals surface area contributed by atoms with Gasteiger partial charge in [-0.2, -0.15) is 0 Å². The van der Waals surface area contributed by atoms with Gasteiger partial charge in [-0.3, -0.25) is 4.90 Å². The standard InChI is InChI=1S/C16H30N2O3S/c1-13-16(9-11-21-13)22(19,20)17-14-6-5-10-18(12-14)15-7-3-2-4-8-15/h13-17H,2-12H2,1H3/t13-,14-,16-/m0/s1. The normalized spacial score (nSPS) is 35.8. The molecule has 3 rings (SSSR count). The zero-order valence-electron chi connectivity index (χ0n) is 13.7. The highest BCUT2D eigenvalue weighted by Crippen LogP contribution is 2.26. The van der Waals surface area contributed by atoms with Crippen LogP contribution in [0.1, 0.15) is 58.3 Å². The molecule has 0 aromatic carbocycles. The Kier molecular flexibility index (Phi) is 5.43. The fourth-order valence-corrected chi connectivity index (χ4v) is 6.14. The van der Waals surface area contributed by atoms with E-state index in [-0.39, 0.29) is 17.4 Å². The summed E-state index contributed by atoms with van der Waals surface area (Å²) < 4.78 is 33.6. The summed E-state index contributed by atoms with van der Waals surface area (Å²) in [7, 11) is -3.26. The van der Waals surface area contributed by atoms with Crippen molar-refractivity contribution in [3.8, 4) is 0 Å². The highest BCUT2D eigenvalue weighted by molar-refractivity contribution is 7.90. The molecule has 2 heterocycles. The molecule has 22 heavy (non-hydrogen) atoms. The van der Waals surface area contributed by atoms with Crippen molar-refractivity contribution in [2.45, 2.75) is 81.7 Å². The van der Waals surface area contributed by atoms with Crippen LogP contribution in [0.15, 0.2) is 0 Å². The van der Waals surface area contributed by atoms with Crippen LogP contribution in [0.2, 0.25) is 0 Å². The molecule has 6 heteroatoms. The van der Waals surface area contributed by atoms with Crippen LogP contribution >= 0.6 is 0 Å². The maximum Gasteiger partial charge on any atom is 0.217 e. The third-order valence-electron chi connectivity index (χ3n) is 5.58. The number of ether oxygens (including phenoxy) is 1. The minimum atomic E-state index is -3.26. The van der Waals surface area contributed by atoms with Crippen molar-refractivity contribution < 1.29 is 13.2 Å². The molecule has 0 spiro atoms. The van der Waals surface area contributed by atoms with E-state index in [4.69, 9.17) is 4.74 Å². The number of nitrogens with zero attached hydrogens (tertiary/aromatic N) is 1. The van der Waals surface area contributed by atoms with E-state index in [9.17, 15) is 8.42 Å². The van der Waals surface area contributed by atoms with E-state index >= 15 is 0 Å². The zero-order chi connectivity index (χ0) is 15.6. The van der Waals surface area contributed by atoms with E-state index in [1.807, 2.05) is 6.92 Å². The topological polar surface area (TPSA) is 58.6 Å². The van der Waals surface area contributed by atoms with Gasteiger partial charge in [0.1, 0.15) is 5.25 Å². The summed E-state index contributed by atoms with van der Waals surface area (Å²) in [5, 5.41) is -0.377. The van der Waals surface area contributed by atoms with Crippen molar-refractivity contribution >= 4 is 10.0 Å². The Morgan fingerprint density at radius 2 is 1.82 bits per heavy atom. The molecule has 0 radical (unpaired) electrons. The minimum Gasteiger partial charge on any atom is -0.377 e. The monoisotopic (exact) mass is 330 g/mol. The minimum absolute atomic E-state index is 0.0773. The van der Waals surface area contributed by atoms with Gasteiger partial charge in [-0.05, 0) is 45.6 Å². The highest BCUT2D eigenvalue weighted by Gasteiger charge is 2.38. The van der Waals surface area contributed by atoms with Gasteiger partial charge in [-0.25, -0.2) is 13.1 Å². The second kappa shape index (κ2) is 7.16. The Balaban J connectivity index is 1.57. The first-order valence-corrected chi connectivity index (χ1v) is 10.5. The van der Waals surface area contributed by atoms with Crippen molar-refractivity contribution in [2.75, 3.05) is 19.7 Å². The van der Waals surface area contributed by atoms with Crippen LogP contribution in [0.5, 0.6) is 0 Å². The van der Waals surface area contributed by atoms with Crippen molar-refractivity contribution in [3.63, 3.8) is 0 Å². The molecule has 128 valence electrons. The summed E-state index contributed by atoms with van der Waals surface area (Å²) >= 11 is 0. The molecular formula is C16H30N2O3S. The van der Waals surface area contributed by atoms with Gasteiger partial charge in [-0.15, -0.1) is 0 Å². The lowest BCUT2D eigenvalue weighted by Gasteiger charge is -2.40. The van der Waals surface area contributed by atoms with Crippen LogP contribution in [0.3, 0.4) is 0 Å². The van der Waals surface area contributed by atoms with Crippen LogP contribution in [-0.4, -0.2) is 56.5 Å². The number of piperidine rings is 1. The van der Waals surface area contributed by atoms with E-state index in [1.54, 1.807) is 0 Å². The molecule has 1 aliphatic carbocycles. The Labute approximate surface area is 134 Å². The summed E-state index contributed by atoms with van der Waals surface area (Å²) in [6, 6.07) is 0.753. The molecular weight excluding hydrogens is 300 g/mol. The fourth-order valence-electron chi connectivity index (χ4n) is 4.32. The maximum absolute atomic E-state index is 12.6. The Morgan fingerprint density at radius 1 is 1.05 bits per heavy atom. The molecule has 0 unspecified atom stereocenters. The van der Waals surface area contributed by atoms with E-state index in [1.165, 1.54) is 32.1 Å². The molecule has 1 N–H and O–H groups in total. The molecule has 1 saturated carbocycles. The van der Waals surface area contributed by atoms with Gasteiger partial charge in [0.2, 0.25) is 10.0 Å². The fraction of sp³-hybridized carbons (Fsp3) is 1.00. The van der Waals surface area contributed by atoms with Crippen LogP contribution in [-0.2, 0) is 14.8 Å². The number of nitrogens with one attached hydrogen (secondary N) is 1. The van der Waals surface area contributed by atoms with Gasteiger partial charge in [-0.1, -0.05) is 19.3 Å². The Hall–Kier alpha value is -0.170. The smallest absolute Gasteiger partial charge is 0.217 e. The molecule has 0 amide bonds. The van der Waals surface area contributed by atoms with Gasteiger partial charge in [0, 0.05) is 25.2 Å². The van der Waals surface area contributed by atoms with Crippen LogP contribution in [0.25, 0.3) is 0 Å². The number of hydrogen-bond donors (Lipinski definition) is 1. The summed E-state index contributed by atoms with van der Waals surface area (Å²) in [5.41, 5.74) is 0. The number of sulfonamides is 1. The predicted octanol–water partition coefficient (Wildman–Crippen LogP) is 1.88. The third-order valence-corrected chi connectivity index (χ3v) is 7.66. The largest absolute Gasteiger partial charge is 0.377 e. The van der Waals surface area contributed by atoms with Gasteiger partial charge in [0.05, 0.1) is 6.10 Å². The summed E-state index contributed by atoms with van der Waals surface area (Å²) in [5.74, 6) is 0. The SMILES string of the molecule is C[C@@H]1OCC[C@@H]1S(=O)(=O)N[C@H]1CCCN(C2CCCCC2)C1. The summed E-state index contributed by atoms with van der Waals surface area (Å²) in [4.78, 5) is 2.53. The zero-order valence-corrected chi connectivity index (χ0v) is 14.5. The average Bonchev–Trinajstić information content (AvgIpc) is 2.95. The molecule has 2 aliphatic heterocycles. The molecule has 0 aromatic rings. The van der Waals surface area contributed by atoms with Gasteiger partial charge in [0.15, 0.2) is 0 Å². The predicted molar refractivity (Wildman–Crippen MR) is 87.3 cm³/mol. The molecule has 3 aliphatic rings. The molecule has 3 fully saturated rings. The van der Waals surface area contributed by atoms with E-state index < -0.39 is 10.0 Å². The van der Waals surface area contributed by atoms with Crippen LogP contribution in [0.4, 0.5) is 0 Å². The van der Waals surface area contributed by atoms with Gasteiger partial charge >= 0.3 is 0 Å². The van der Waals surface area contributed by atoms with E-state index in [2.05, 4.69) is 9.62 Å². The Morgan fingerprint density at radius 3 is 2.50 bits per heavy atom. The molecule has 3 atom stereocenters. The second-order valence-electron chi connectivity index (χ2n) is 7.19. The summed E-state index contributed by atoms with van der Waals surface area (Å²) in [6.07, 6.45) is 9.08. The third kappa shape index (κ3) is 3.83. The van der Waals surface area contributed by atoms with Gasteiger partial charge in [0.25, 0.3) is 0 Å². The van der Waals surface area contributed by atoms with E-state index in [0.29, 0.717) is 19.1 Å². The van der Waals surface area contributed by atoms with Gasteiger partial charge < -0.3 is 4.74 Å². The first kappa shape index (κ1) is 16.7. The highest BCUT2D eigenvalue weighted by atomic mass is 32.2. The maximum atomic E-state index is 12.6. The second-order valence-corrected chi connectivity index (χ2v) is 9.12. The molecule has 5 nitrogen and oxygen atoms in total. The van der Waals surface area contributed by atoms with Crippen molar-refractivity contribution in [2.24, 2.45) is 0 Å².